The van der Waals surface area contributed by atoms with Crippen molar-refractivity contribution in [2.45, 2.75) is 90.4 Å². The molecule has 1 saturated heterocycles. The molecule has 1 heterocycles. The Bertz CT molecular complexity index is 1190. The summed E-state index contributed by atoms with van der Waals surface area (Å²) in [5.74, 6) is 1.50. The molecule has 3 aliphatic rings. The number of hydrogen-bond acceptors (Lipinski definition) is 7. The maximum atomic E-state index is 12.6. The molecular weight excluding hydrogens is 612 g/mol. The van der Waals surface area contributed by atoms with E-state index in [-0.39, 0.29) is 54.3 Å². The fraction of sp³-hybridized carbons (Fsp3) is 0.703. The van der Waals surface area contributed by atoms with Gasteiger partial charge in [0.15, 0.2) is 0 Å². The van der Waals surface area contributed by atoms with Gasteiger partial charge in [0.1, 0.15) is 5.78 Å². The minimum atomic E-state index is -0.156. The zero-order chi connectivity index (χ0) is 34.1. The summed E-state index contributed by atoms with van der Waals surface area (Å²) in [6.07, 6.45) is 11.1. The Morgan fingerprint density at radius 3 is 2.12 bits per heavy atom. The molecule has 1 aromatic carbocycles. The Kier molecular flexibility index (Phi) is 15.8. The maximum Gasteiger partial charge on any atom is 0.226 e. The number of carbonyl (C=O) groups excluding carboxylic acids is 5. The molecule has 11 heteroatoms. The van der Waals surface area contributed by atoms with Crippen molar-refractivity contribution in [2.24, 2.45) is 23.7 Å². The number of ether oxygens (including phenoxy) is 2. The summed E-state index contributed by atoms with van der Waals surface area (Å²) in [5, 5.41) is 8.55. The first-order valence-corrected chi connectivity index (χ1v) is 18.2. The summed E-state index contributed by atoms with van der Waals surface area (Å²) in [6.45, 7) is 5.42. The van der Waals surface area contributed by atoms with Crippen LogP contribution >= 0.6 is 0 Å². The fourth-order valence-electron chi connectivity index (χ4n) is 7.29. The van der Waals surface area contributed by atoms with E-state index in [0.29, 0.717) is 82.7 Å². The fourth-order valence-corrected chi connectivity index (χ4v) is 7.29. The zero-order valence-electron chi connectivity index (χ0n) is 28.8. The molecule has 3 N–H and O–H groups in total. The number of rotatable bonds is 21. The molecule has 266 valence electrons. The van der Waals surface area contributed by atoms with Crippen LogP contribution in [-0.2, 0) is 39.9 Å². The highest BCUT2D eigenvalue weighted by Crippen LogP contribution is 2.39. The number of nitrogens with zero attached hydrogens (tertiary/aromatic N) is 1. The largest absolute Gasteiger partial charge is 0.379 e. The van der Waals surface area contributed by atoms with Crippen molar-refractivity contribution in [1.82, 2.24) is 15.5 Å². The van der Waals surface area contributed by atoms with Gasteiger partial charge in [-0.15, -0.1) is 0 Å². The molecule has 2 saturated carbocycles. The summed E-state index contributed by atoms with van der Waals surface area (Å²) in [6, 6.07) is 7.42. The molecule has 48 heavy (non-hydrogen) atoms. The van der Waals surface area contributed by atoms with Gasteiger partial charge in [0.2, 0.25) is 23.6 Å². The molecule has 2 unspecified atom stereocenters. The van der Waals surface area contributed by atoms with Gasteiger partial charge >= 0.3 is 0 Å². The van der Waals surface area contributed by atoms with Crippen molar-refractivity contribution >= 4 is 35.1 Å². The number of anilines is 1. The number of aryl methyl sites for hydroxylation is 1. The lowest BCUT2D eigenvalue weighted by Crippen LogP contribution is -2.34. The smallest absolute Gasteiger partial charge is 0.226 e. The zero-order valence-corrected chi connectivity index (χ0v) is 28.8. The summed E-state index contributed by atoms with van der Waals surface area (Å²) in [7, 11) is 0. The quantitative estimate of drug-likeness (QED) is 0.168. The topological polar surface area (TPSA) is 143 Å². The van der Waals surface area contributed by atoms with Crippen LogP contribution in [-0.4, -0.2) is 86.9 Å². The highest BCUT2D eigenvalue weighted by molar-refractivity contribution is 5.90. The van der Waals surface area contributed by atoms with E-state index in [1.807, 2.05) is 36.1 Å². The van der Waals surface area contributed by atoms with Crippen LogP contribution in [0.25, 0.3) is 0 Å². The average molecular weight is 669 g/mol. The first-order valence-electron chi connectivity index (χ1n) is 18.2. The van der Waals surface area contributed by atoms with Gasteiger partial charge in [0.25, 0.3) is 0 Å². The Balaban J connectivity index is 0.947. The maximum absolute atomic E-state index is 12.6. The van der Waals surface area contributed by atoms with Crippen molar-refractivity contribution in [3.05, 3.63) is 29.8 Å². The molecule has 0 aromatic heterocycles. The van der Waals surface area contributed by atoms with Crippen LogP contribution in [0.5, 0.6) is 0 Å². The van der Waals surface area contributed by atoms with Crippen molar-refractivity contribution in [2.75, 3.05) is 57.9 Å². The second kappa shape index (κ2) is 20.3. The second-order valence-corrected chi connectivity index (χ2v) is 13.6. The van der Waals surface area contributed by atoms with Gasteiger partial charge in [0.05, 0.1) is 32.8 Å². The van der Waals surface area contributed by atoms with E-state index >= 15 is 0 Å². The summed E-state index contributed by atoms with van der Waals surface area (Å²) in [4.78, 5) is 63.3. The van der Waals surface area contributed by atoms with E-state index in [9.17, 15) is 24.0 Å². The average Bonchev–Trinajstić information content (AvgIpc) is 3.87. The van der Waals surface area contributed by atoms with Gasteiger partial charge in [-0.05, 0) is 48.8 Å². The highest BCUT2D eigenvalue weighted by atomic mass is 16.5. The van der Waals surface area contributed by atoms with Crippen LogP contribution < -0.4 is 16.0 Å². The standard InChI is InChI=1S/C37H56N4O7/c1-27-32(29-6-2-3-7-29)26-41(37(27)46)21-17-35(44)39-20-23-48-25-24-47-22-18-36(45)40-31-13-10-28(11-14-31)12-15-34(43)38-19-16-33(42)30-8-4-5-9-30/h10-11,13-14,27,29-30,32H,2-9,12,15-26H2,1H3,(H,38,43)(H,39,44)(H,40,45). The molecular formula is C37H56N4O7. The van der Waals surface area contributed by atoms with E-state index in [1.54, 1.807) is 0 Å². The monoisotopic (exact) mass is 668 g/mol. The number of benzene rings is 1. The van der Waals surface area contributed by atoms with E-state index < -0.39 is 0 Å². The van der Waals surface area contributed by atoms with Crippen LogP contribution in [0.2, 0.25) is 0 Å². The Labute approximate surface area is 285 Å². The molecule has 0 radical (unpaired) electrons. The molecule has 2 atom stereocenters. The van der Waals surface area contributed by atoms with E-state index in [0.717, 1.165) is 37.8 Å². The van der Waals surface area contributed by atoms with Crippen LogP contribution in [0.1, 0.15) is 89.5 Å². The van der Waals surface area contributed by atoms with Crippen LogP contribution in [0.15, 0.2) is 24.3 Å². The highest BCUT2D eigenvalue weighted by Gasteiger charge is 2.41. The van der Waals surface area contributed by atoms with Gasteiger partial charge < -0.3 is 30.3 Å². The van der Waals surface area contributed by atoms with Gasteiger partial charge in [0, 0.05) is 63.0 Å². The minimum Gasteiger partial charge on any atom is -0.379 e. The summed E-state index contributed by atoms with van der Waals surface area (Å²) < 4.78 is 11.0. The number of Topliss-reactive ketones (excluding diaryl/α,β-unsaturated/α-hetero) is 1. The van der Waals surface area contributed by atoms with Crippen molar-refractivity contribution < 1.29 is 33.4 Å². The number of amides is 4. The Morgan fingerprint density at radius 2 is 1.40 bits per heavy atom. The summed E-state index contributed by atoms with van der Waals surface area (Å²) >= 11 is 0. The number of hydrogen-bond donors (Lipinski definition) is 3. The van der Waals surface area contributed by atoms with Crippen LogP contribution in [0.4, 0.5) is 5.69 Å². The van der Waals surface area contributed by atoms with Crippen LogP contribution in [0.3, 0.4) is 0 Å². The Hall–Kier alpha value is -3.31. The first kappa shape index (κ1) is 37.5. The Morgan fingerprint density at radius 1 is 0.750 bits per heavy atom. The molecule has 1 aliphatic heterocycles. The third-order valence-electron chi connectivity index (χ3n) is 10.2. The number of nitrogens with one attached hydrogen (secondary N) is 3. The van der Waals surface area contributed by atoms with Gasteiger partial charge in [-0.2, -0.15) is 0 Å². The van der Waals surface area contributed by atoms with Crippen molar-refractivity contribution in [1.29, 1.82) is 0 Å². The molecule has 11 nitrogen and oxygen atoms in total. The predicted molar refractivity (Wildman–Crippen MR) is 183 cm³/mol. The molecule has 0 spiro atoms. The SMILES string of the molecule is CC1C(=O)N(CCC(=O)NCCOCCOCCC(=O)Nc2ccc(CCC(=O)NCCC(=O)C3CCCC3)cc2)CC1C1CCCC1. The molecule has 2 aliphatic carbocycles. The van der Waals surface area contributed by atoms with E-state index in [1.165, 1.54) is 25.7 Å². The lowest BCUT2D eigenvalue weighted by molar-refractivity contribution is -0.131. The minimum absolute atomic E-state index is 0.0617. The summed E-state index contributed by atoms with van der Waals surface area (Å²) in [5.41, 5.74) is 1.67. The van der Waals surface area contributed by atoms with E-state index in [4.69, 9.17) is 9.47 Å². The number of likely N-dealkylation sites (tertiary alicyclic amines) is 1. The van der Waals surface area contributed by atoms with Crippen LogP contribution in [0, 0.1) is 23.7 Å². The normalized spacial score (nSPS) is 19.9. The molecule has 4 amide bonds. The molecule has 1 aromatic rings. The number of carbonyl (C=O) groups is 5. The second-order valence-electron chi connectivity index (χ2n) is 13.6. The lowest BCUT2D eigenvalue weighted by atomic mass is 9.84. The first-order chi connectivity index (χ1) is 23.3. The van der Waals surface area contributed by atoms with Gasteiger partial charge in [-0.1, -0.05) is 57.6 Å². The third-order valence-corrected chi connectivity index (χ3v) is 10.2. The van der Waals surface area contributed by atoms with Crippen molar-refractivity contribution in [3.63, 3.8) is 0 Å². The lowest BCUT2D eigenvalue weighted by Gasteiger charge is -2.20. The third kappa shape index (κ3) is 12.6. The van der Waals surface area contributed by atoms with Gasteiger partial charge in [-0.3, -0.25) is 24.0 Å². The van der Waals surface area contributed by atoms with Gasteiger partial charge in [-0.25, -0.2) is 0 Å². The molecule has 3 fully saturated rings. The predicted octanol–water partition coefficient (Wildman–Crippen LogP) is 4.04. The molecule has 0 bridgehead atoms. The number of ketones is 1. The van der Waals surface area contributed by atoms with Crippen molar-refractivity contribution in [3.8, 4) is 0 Å². The van der Waals surface area contributed by atoms with E-state index in [2.05, 4.69) is 16.0 Å². The molecule has 4 rings (SSSR count).